The van der Waals surface area contributed by atoms with E-state index in [-0.39, 0.29) is 43.6 Å². The number of hydrogen-bond acceptors (Lipinski definition) is 5. The average Bonchev–Trinajstić information content (AvgIpc) is 2.72. The molecular weight excluding hydrogens is 467 g/mol. The zero-order valence-corrected chi connectivity index (χ0v) is 17.7. The first-order chi connectivity index (χ1) is 13.8. The molecule has 2 aromatic carbocycles. The van der Waals surface area contributed by atoms with Gasteiger partial charge in [0, 0.05) is 30.7 Å². The van der Waals surface area contributed by atoms with Crippen LogP contribution in [0.15, 0.2) is 51.8 Å². The molecule has 1 saturated heterocycles. The van der Waals surface area contributed by atoms with Gasteiger partial charge in [0.2, 0.25) is 10.0 Å². The Hall–Kier alpha value is -2.30. The number of aldehydes is 1. The van der Waals surface area contributed by atoms with Gasteiger partial charge in [-0.25, -0.2) is 12.8 Å². The number of rotatable bonds is 6. The van der Waals surface area contributed by atoms with Crippen LogP contribution < -0.4 is 4.74 Å². The Morgan fingerprint density at radius 3 is 2.52 bits per heavy atom. The lowest BCUT2D eigenvalue weighted by atomic mass is 10.2. The van der Waals surface area contributed by atoms with Gasteiger partial charge in [0.1, 0.15) is 11.6 Å². The molecule has 0 radical (unpaired) electrons. The summed E-state index contributed by atoms with van der Waals surface area (Å²) in [6.45, 7) is 0.319. The highest BCUT2D eigenvalue weighted by atomic mass is 79.9. The molecule has 0 atom stereocenters. The number of piperazine rings is 1. The van der Waals surface area contributed by atoms with Crippen LogP contribution in [0.2, 0.25) is 0 Å². The van der Waals surface area contributed by atoms with E-state index in [9.17, 15) is 22.4 Å². The molecule has 0 bridgehead atoms. The number of benzene rings is 2. The normalized spacial score (nSPS) is 15.2. The molecule has 0 aromatic heterocycles. The summed E-state index contributed by atoms with van der Waals surface area (Å²) in [5.41, 5.74) is 0.318. The zero-order chi connectivity index (χ0) is 21.0. The van der Waals surface area contributed by atoms with E-state index in [2.05, 4.69) is 15.9 Å². The van der Waals surface area contributed by atoms with E-state index in [4.69, 9.17) is 4.74 Å². The fourth-order valence-corrected chi connectivity index (χ4v) is 4.76. The van der Waals surface area contributed by atoms with Crippen LogP contribution in [0.3, 0.4) is 0 Å². The third-order valence-electron chi connectivity index (χ3n) is 4.48. The van der Waals surface area contributed by atoms with Crippen molar-refractivity contribution < 1.29 is 27.1 Å². The van der Waals surface area contributed by atoms with Crippen molar-refractivity contribution in [2.45, 2.75) is 4.90 Å². The second-order valence-electron chi connectivity index (χ2n) is 6.33. The summed E-state index contributed by atoms with van der Waals surface area (Å²) in [5.74, 6) is -0.642. The highest BCUT2D eigenvalue weighted by molar-refractivity contribution is 9.10. The Labute approximate surface area is 176 Å². The van der Waals surface area contributed by atoms with E-state index in [1.54, 1.807) is 18.2 Å². The van der Waals surface area contributed by atoms with Gasteiger partial charge in [-0.15, -0.1) is 0 Å². The van der Waals surface area contributed by atoms with Crippen molar-refractivity contribution in [1.82, 2.24) is 9.21 Å². The van der Waals surface area contributed by atoms with Gasteiger partial charge in [-0.05, 0) is 36.4 Å². The van der Waals surface area contributed by atoms with E-state index in [1.807, 2.05) is 0 Å². The minimum atomic E-state index is -3.82. The van der Waals surface area contributed by atoms with Crippen molar-refractivity contribution in [1.29, 1.82) is 0 Å². The fraction of sp³-hybridized carbons (Fsp3) is 0.263. The number of ether oxygens (including phenoxy) is 1. The predicted molar refractivity (Wildman–Crippen MR) is 107 cm³/mol. The topological polar surface area (TPSA) is 84.0 Å². The van der Waals surface area contributed by atoms with Crippen molar-refractivity contribution >= 4 is 38.1 Å². The Kier molecular flexibility index (Phi) is 6.66. The lowest BCUT2D eigenvalue weighted by Gasteiger charge is -2.34. The van der Waals surface area contributed by atoms with Crippen molar-refractivity contribution in [2.75, 3.05) is 32.8 Å². The lowest BCUT2D eigenvalue weighted by Crippen LogP contribution is -2.51. The van der Waals surface area contributed by atoms with Gasteiger partial charge < -0.3 is 9.64 Å². The summed E-state index contributed by atoms with van der Waals surface area (Å²) in [5, 5.41) is 0. The van der Waals surface area contributed by atoms with Crippen LogP contribution in [-0.2, 0) is 14.8 Å². The summed E-state index contributed by atoms with van der Waals surface area (Å²) in [4.78, 5) is 24.9. The highest BCUT2D eigenvalue weighted by Crippen LogP contribution is 2.22. The highest BCUT2D eigenvalue weighted by Gasteiger charge is 2.30. The summed E-state index contributed by atoms with van der Waals surface area (Å²) in [7, 11) is -3.82. The summed E-state index contributed by atoms with van der Waals surface area (Å²) < 4.78 is 46.0. The molecule has 29 heavy (non-hydrogen) atoms. The predicted octanol–water partition coefficient (Wildman–Crippen LogP) is 2.31. The van der Waals surface area contributed by atoms with Crippen molar-refractivity contribution in [2.24, 2.45) is 0 Å². The summed E-state index contributed by atoms with van der Waals surface area (Å²) in [6, 6.07) is 9.71. The van der Waals surface area contributed by atoms with Gasteiger partial charge in [-0.2, -0.15) is 4.31 Å². The maximum Gasteiger partial charge on any atom is 0.260 e. The molecule has 7 nitrogen and oxygen atoms in total. The largest absolute Gasteiger partial charge is 0.483 e. The van der Waals surface area contributed by atoms with E-state index in [0.29, 0.717) is 22.1 Å². The van der Waals surface area contributed by atoms with Crippen LogP contribution in [0.25, 0.3) is 0 Å². The van der Waals surface area contributed by atoms with Gasteiger partial charge >= 0.3 is 0 Å². The Morgan fingerprint density at radius 1 is 1.14 bits per heavy atom. The van der Waals surface area contributed by atoms with Gasteiger partial charge in [-0.3, -0.25) is 9.59 Å². The number of halogens is 2. The molecule has 3 rings (SSSR count). The molecule has 0 unspecified atom stereocenters. The Balaban J connectivity index is 1.58. The third kappa shape index (κ3) is 5.01. The van der Waals surface area contributed by atoms with Gasteiger partial charge in [-0.1, -0.05) is 22.0 Å². The van der Waals surface area contributed by atoms with Crippen LogP contribution in [0.5, 0.6) is 5.75 Å². The van der Waals surface area contributed by atoms with E-state index >= 15 is 0 Å². The quantitative estimate of drug-likeness (QED) is 0.587. The standard InChI is InChI=1S/C19H18BrFN2O5S/c20-15-4-5-18(14(10-15)12-24)28-13-19(25)22-6-8-23(9-7-22)29(26,27)17-3-1-2-16(21)11-17/h1-5,10-12H,6-9,13H2. The molecule has 1 aliphatic rings. The first-order valence-corrected chi connectivity index (χ1v) is 11.0. The molecule has 0 saturated carbocycles. The molecule has 2 aromatic rings. The molecule has 0 aliphatic carbocycles. The average molecular weight is 485 g/mol. The van der Waals surface area contributed by atoms with Gasteiger partial charge in [0.05, 0.1) is 10.5 Å². The van der Waals surface area contributed by atoms with Crippen molar-refractivity contribution in [3.63, 3.8) is 0 Å². The SMILES string of the molecule is O=Cc1cc(Br)ccc1OCC(=O)N1CCN(S(=O)(=O)c2cccc(F)c2)CC1. The number of amides is 1. The second-order valence-corrected chi connectivity index (χ2v) is 9.18. The molecule has 0 spiro atoms. The maximum absolute atomic E-state index is 13.4. The second kappa shape index (κ2) is 9.02. The van der Waals surface area contributed by atoms with Crippen molar-refractivity contribution in [3.05, 3.63) is 58.3 Å². The summed E-state index contributed by atoms with van der Waals surface area (Å²) in [6.07, 6.45) is 0.640. The van der Waals surface area contributed by atoms with Crippen LogP contribution >= 0.6 is 15.9 Å². The lowest BCUT2D eigenvalue weighted by molar-refractivity contribution is -0.134. The number of hydrogen-bond donors (Lipinski definition) is 0. The number of sulfonamides is 1. The minimum Gasteiger partial charge on any atom is -0.483 e. The molecule has 1 aliphatic heterocycles. The first-order valence-electron chi connectivity index (χ1n) is 8.72. The van der Waals surface area contributed by atoms with Crippen molar-refractivity contribution in [3.8, 4) is 5.75 Å². The van der Waals surface area contributed by atoms with E-state index in [0.717, 1.165) is 6.07 Å². The molecule has 0 N–H and O–H groups in total. The number of carbonyl (C=O) groups is 2. The fourth-order valence-electron chi connectivity index (χ4n) is 2.93. The Morgan fingerprint density at radius 2 is 1.86 bits per heavy atom. The monoisotopic (exact) mass is 484 g/mol. The number of carbonyl (C=O) groups excluding carboxylic acids is 2. The zero-order valence-electron chi connectivity index (χ0n) is 15.3. The number of nitrogens with zero attached hydrogens (tertiary/aromatic N) is 2. The molecule has 10 heteroatoms. The minimum absolute atomic E-state index is 0.0997. The van der Waals surface area contributed by atoms with Crippen LogP contribution in [0.4, 0.5) is 4.39 Å². The van der Waals surface area contributed by atoms with Gasteiger partial charge in [0.15, 0.2) is 12.9 Å². The molecule has 1 heterocycles. The first kappa shape index (κ1) is 21.4. The van der Waals surface area contributed by atoms with E-state index < -0.39 is 15.8 Å². The molecular formula is C19H18BrFN2O5S. The summed E-state index contributed by atoms with van der Waals surface area (Å²) >= 11 is 3.26. The Bertz CT molecular complexity index is 1020. The molecule has 1 amide bonds. The van der Waals surface area contributed by atoms with E-state index in [1.165, 1.54) is 27.4 Å². The third-order valence-corrected chi connectivity index (χ3v) is 6.86. The van der Waals surface area contributed by atoms with Crippen LogP contribution in [-0.4, -0.2) is 62.6 Å². The van der Waals surface area contributed by atoms with Crippen LogP contribution in [0, 0.1) is 5.82 Å². The molecule has 1 fully saturated rings. The van der Waals surface area contributed by atoms with Crippen LogP contribution in [0.1, 0.15) is 10.4 Å². The molecule has 154 valence electrons. The maximum atomic E-state index is 13.4. The van der Waals surface area contributed by atoms with Gasteiger partial charge in [0.25, 0.3) is 5.91 Å². The smallest absolute Gasteiger partial charge is 0.260 e.